The smallest absolute Gasteiger partial charge is 0.320 e. The van der Waals surface area contributed by atoms with Gasteiger partial charge in [-0.1, -0.05) is 0 Å². The molecule has 2 saturated heterocycles. The van der Waals surface area contributed by atoms with Gasteiger partial charge in [0.05, 0.1) is 18.1 Å². The SMILES string of the molecule is CC1(O)CCN(C(=O)N2CCC[C@@H](C(=O)O)C2)C1. The van der Waals surface area contributed by atoms with E-state index >= 15 is 0 Å². The fourth-order valence-corrected chi connectivity index (χ4v) is 2.66. The van der Waals surface area contributed by atoms with E-state index in [1.807, 2.05) is 0 Å². The van der Waals surface area contributed by atoms with Crippen LogP contribution in [0.2, 0.25) is 0 Å². The number of carbonyl (C=O) groups excluding carboxylic acids is 1. The molecule has 18 heavy (non-hydrogen) atoms. The molecule has 0 aromatic heterocycles. The molecule has 2 aliphatic rings. The third kappa shape index (κ3) is 2.75. The summed E-state index contributed by atoms with van der Waals surface area (Å²) >= 11 is 0. The van der Waals surface area contributed by atoms with Crippen LogP contribution in [0.25, 0.3) is 0 Å². The van der Waals surface area contributed by atoms with Crippen molar-refractivity contribution in [2.75, 3.05) is 26.2 Å². The van der Waals surface area contributed by atoms with Crippen LogP contribution < -0.4 is 0 Å². The Kier molecular flexibility index (Phi) is 3.47. The summed E-state index contributed by atoms with van der Waals surface area (Å²) in [7, 11) is 0. The first kappa shape index (κ1) is 13.1. The summed E-state index contributed by atoms with van der Waals surface area (Å²) < 4.78 is 0. The highest BCUT2D eigenvalue weighted by atomic mass is 16.4. The minimum atomic E-state index is -0.832. The Morgan fingerprint density at radius 1 is 1.28 bits per heavy atom. The second-order valence-corrected chi connectivity index (χ2v) is 5.57. The van der Waals surface area contributed by atoms with Crippen molar-refractivity contribution in [3.8, 4) is 0 Å². The normalized spacial score (nSPS) is 32.7. The quantitative estimate of drug-likeness (QED) is 0.709. The van der Waals surface area contributed by atoms with E-state index in [1.165, 1.54) is 0 Å². The molecule has 2 atom stereocenters. The van der Waals surface area contributed by atoms with Crippen molar-refractivity contribution >= 4 is 12.0 Å². The number of carboxylic acids is 1. The van der Waals surface area contributed by atoms with Gasteiger partial charge in [-0.3, -0.25) is 4.79 Å². The molecule has 2 heterocycles. The van der Waals surface area contributed by atoms with Gasteiger partial charge in [-0.25, -0.2) is 4.79 Å². The van der Waals surface area contributed by atoms with Gasteiger partial charge in [0.2, 0.25) is 0 Å². The van der Waals surface area contributed by atoms with Gasteiger partial charge in [-0.05, 0) is 26.2 Å². The van der Waals surface area contributed by atoms with Crippen molar-refractivity contribution in [1.82, 2.24) is 9.80 Å². The van der Waals surface area contributed by atoms with E-state index in [-0.39, 0.29) is 12.6 Å². The zero-order chi connectivity index (χ0) is 13.3. The van der Waals surface area contributed by atoms with Gasteiger partial charge in [0.25, 0.3) is 0 Å². The lowest BCUT2D eigenvalue weighted by molar-refractivity contribution is -0.143. The summed E-state index contributed by atoms with van der Waals surface area (Å²) in [6.07, 6.45) is 1.94. The van der Waals surface area contributed by atoms with E-state index in [4.69, 9.17) is 5.11 Å². The molecular formula is C12H20N2O4. The van der Waals surface area contributed by atoms with Crippen molar-refractivity contribution in [3.63, 3.8) is 0 Å². The molecule has 0 spiro atoms. The number of amides is 2. The van der Waals surface area contributed by atoms with Crippen LogP contribution in [-0.2, 0) is 4.79 Å². The van der Waals surface area contributed by atoms with Crippen LogP contribution >= 0.6 is 0 Å². The number of urea groups is 1. The molecule has 2 aliphatic heterocycles. The summed E-state index contributed by atoms with van der Waals surface area (Å²) in [5, 5.41) is 18.8. The third-order valence-electron chi connectivity index (χ3n) is 3.76. The lowest BCUT2D eigenvalue weighted by atomic mass is 9.99. The molecule has 2 fully saturated rings. The number of carbonyl (C=O) groups is 2. The van der Waals surface area contributed by atoms with Gasteiger partial charge >= 0.3 is 12.0 Å². The predicted molar refractivity (Wildman–Crippen MR) is 64.1 cm³/mol. The summed E-state index contributed by atoms with van der Waals surface area (Å²) in [6.45, 7) is 3.49. The highest BCUT2D eigenvalue weighted by molar-refractivity contribution is 5.77. The second-order valence-electron chi connectivity index (χ2n) is 5.57. The van der Waals surface area contributed by atoms with Crippen molar-refractivity contribution in [3.05, 3.63) is 0 Å². The van der Waals surface area contributed by atoms with Crippen LogP contribution in [0.15, 0.2) is 0 Å². The molecule has 0 bridgehead atoms. The molecule has 0 aromatic rings. The number of aliphatic carboxylic acids is 1. The highest BCUT2D eigenvalue weighted by Crippen LogP contribution is 2.24. The first-order valence-electron chi connectivity index (χ1n) is 6.38. The molecule has 102 valence electrons. The number of hydrogen-bond acceptors (Lipinski definition) is 3. The maximum Gasteiger partial charge on any atom is 0.320 e. The fraction of sp³-hybridized carbons (Fsp3) is 0.833. The third-order valence-corrected chi connectivity index (χ3v) is 3.76. The Morgan fingerprint density at radius 3 is 2.56 bits per heavy atom. The molecule has 0 aromatic carbocycles. The monoisotopic (exact) mass is 256 g/mol. The van der Waals surface area contributed by atoms with Gasteiger partial charge in [0.15, 0.2) is 0 Å². The minimum absolute atomic E-state index is 0.140. The van der Waals surface area contributed by atoms with E-state index < -0.39 is 17.5 Å². The lowest BCUT2D eigenvalue weighted by Crippen LogP contribution is -2.48. The standard InChI is InChI=1S/C12H20N2O4/c1-12(18)4-6-14(8-12)11(17)13-5-2-3-9(7-13)10(15)16/h9,18H,2-8H2,1H3,(H,15,16)/t9-,12?/m1/s1. The minimum Gasteiger partial charge on any atom is -0.481 e. The largest absolute Gasteiger partial charge is 0.481 e. The Bertz CT molecular complexity index is 356. The van der Waals surface area contributed by atoms with Crippen molar-refractivity contribution in [2.24, 2.45) is 5.92 Å². The molecule has 2 amide bonds. The fourth-order valence-electron chi connectivity index (χ4n) is 2.66. The molecule has 0 radical (unpaired) electrons. The number of carboxylic acid groups (broad SMARTS) is 1. The summed E-state index contributed by atoms with van der Waals surface area (Å²) in [5.41, 5.74) is -0.808. The van der Waals surface area contributed by atoms with E-state index in [0.29, 0.717) is 32.5 Å². The van der Waals surface area contributed by atoms with E-state index in [9.17, 15) is 14.7 Å². The Labute approximate surface area is 106 Å². The topological polar surface area (TPSA) is 81.1 Å². The predicted octanol–water partition coefficient (Wildman–Crippen LogP) is 0.360. The van der Waals surface area contributed by atoms with Gasteiger partial charge in [-0.2, -0.15) is 0 Å². The number of likely N-dealkylation sites (tertiary alicyclic amines) is 2. The number of piperidine rings is 1. The first-order chi connectivity index (χ1) is 8.39. The molecule has 0 aliphatic carbocycles. The highest BCUT2D eigenvalue weighted by Gasteiger charge is 2.37. The molecule has 2 rings (SSSR count). The number of β-amino-alcohol motifs (C(OH)–C–C–N with tert-alkyl or cyclic N) is 1. The van der Waals surface area contributed by atoms with Crippen molar-refractivity contribution in [1.29, 1.82) is 0 Å². The van der Waals surface area contributed by atoms with E-state index in [2.05, 4.69) is 0 Å². The maximum absolute atomic E-state index is 12.2. The first-order valence-corrected chi connectivity index (χ1v) is 6.38. The molecule has 0 saturated carbocycles. The number of rotatable bonds is 1. The van der Waals surface area contributed by atoms with Crippen LogP contribution in [-0.4, -0.2) is 63.8 Å². The molecule has 6 heteroatoms. The lowest BCUT2D eigenvalue weighted by Gasteiger charge is -2.34. The van der Waals surface area contributed by atoms with E-state index in [0.717, 1.165) is 6.42 Å². The molecular weight excluding hydrogens is 236 g/mol. The van der Waals surface area contributed by atoms with Crippen LogP contribution in [0.3, 0.4) is 0 Å². The Balaban J connectivity index is 1.95. The van der Waals surface area contributed by atoms with Crippen LogP contribution in [0.5, 0.6) is 0 Å². The summed E-state index contributed by atoms with van der Waals surface area (Å²) in [5.74, 6) is -1.29. The van der Waals surface area contributed by atoms with Crippen LogP contribution in [0, 0.1) is 5.92 Å². The maximum atomic E-state index is 12.2. The average molecular weight is 256 g/mol. The zero-order valence-electron chi connectivity index (χ0n) is 10.6. The van der Waals surface area contributed by atoms with Gasteiger partial charge in [-0.15, -0.1) is 0 Å². The van der Waals surface area contributed by atoms with Gasteiger partial charge < -0.3 is 20.0 Å². The number of nitrogens with zero attached hydrogens (tertiary/aromatic N) is 2. The zero-order valence-corrected chi connectivity index (χ0v) is 10.6. The number of hydrogen-bond donors (Lipinski definition) is 2. The van der Waals surface area contributed by atoms with Crippen molar-refractivity contribution in [2.45, 2.75) is 31.8 Å². The average Bonchev–Trinajstić information content (AvgIpc) is 2.69. The van der Waals surface area contributed by atoms with Gasteiger partial charge in [0, 0.05) is 19.6 Å². The van der Waals surface area contributed by atoms with Gasteiger partial charge in [0.1, 0.15) is 0 Å². The van der Waals surface area contributed by atoms with Crippen LogP contribution in [0.4, 0.5) is 4.79 Å². The Hall–Kier alpha value is -1.30. The van der Waals surface area contributed by atoms with E-state index in [1.54, 1.807) is 16.7 Å². The molecule has 1 unspecified atom stereocenters. The summed E-state index contributed by atoms with van der Waals surface area (Å²) in [6, 6.07) is -0.140. The molecule has 6 nitrogen and oxygen atoms in total. The number of aliphatic hydroxyl groups is 1. The Morgan fingerprint density at radius 2 is 2.00 bits per heavy atom. The van der Waals surface area contributed by atoms with Crippen LogP contribution in [0.1, 0.15) is 26.2 Å². The molecule has 2 N–H and O–H groups in total. The summed E-state index contributed by atoms with van der Waals surface area (Å²) in [4.78, 5) is 26.4. The van der Waals surface area contributed by atoms with Crippen molar-refractivity contribution < 1.29 is 19.8 Å². The second kappa shape index (κ2) is 4.76.